The second-order valence-corrected chi connectivity index (χ2v) is 6.75. The number of aryl methyl sites for hydroxylation is 1. The molecule has 0 aliphatic heterocycles. The molecule has 2 aromatic rings. The van der Waals surface area contributed by atoms with Crippen LogP contribution in [0.2, 0.25) is 0 Å². The second kappa shape index (κ2) is 13.8. The number of halogens is 1. The molecule has 0 aromatic heterocycles. The lowest BCUT2D eigenvalue weighted by Crippen LogP contribution is -2.39. The van der Waals surface area contributed by atoms with Crippen LogP contribution in [-0.4, -0.2) is 54.5 Å². The van der Waals surface area contributed by atoms with Crippen LogP contribution in [-0.2, 0) is 12.8 Å². The molecule has 0 aliphatic carbocycles. The Morgan fingerprint density at radius 3 is 1.90 bits per heavy atom. The Kier molecular flexibility index (Phi) is 11.9. The maximum absolute atomic E-state index is 5.51. The van der Waals surface area contributed by atoms with Crippen LogP contribution in [0.3, 0.4) is 0 Å². The maximum Gasteiger partial charge on any atom is 0.190 e. The number of hydrogen-bond acceptors (Lipinski definition) is 5. The van der Waals surface area contributed by atoms with E-state index in [1.54, 1.807) is 35.5 Å². The third-order valence-corrected chi connectivity index (χ3v) is 4.83. The molecule has 172 valence electrons. The fourth-order valence-electron chi connectivity index (χ4n) is 3.27. The smallest absolute Gasteiger partial charge is 0.190 e. The van der Waals surface area contributed by atoms with Crippen molar-refractivity contribution in [2.75, 3.05) is 48.6 Å². The minimum Gasteiger partial charge on any atom is -0.496 e. The lowest BCUT2D eigenvalue weighted by Gasteiger charge is -2.17. The first-order valence-electron chi connectivity index (χ1n) is 9.93. The quantitative estimate of drug-likeness (QED) is 0.271. The van der Waals surface area contributed by atoms with Crippen LogP contribution in [0.4, 0.5) is 0 Å². The SMILES string of the molecule is CN=C(NCCc1cc(C)ccc1OC)NCCc1c(OC)cc(OC)cc1OC.I. The molecule has 0 spiro atoms. The summed E-state index contributed by atoms with van der Waals surface area (Å²) in [5.41, 5.74) is 3.37. The summed E-state index contributed by atoms with van der Waals surface area (Å²) in [5.74, 6) is 3.83. The van der Waals surface area contributed by atoms with Gasteiger partial charge in [0.15, 0.2) is 5.96 Å². The van der Waals surface area contributed by atoms with Gasteiger partial charge in [-0.1, -0.05) is 17.7 Å². The number of aliphatic imine (C=N–C) groups is 1. The molecule has 0 bridgehead atoms. The van der Waals surface area contributed by atoms with Gasteiger partial charge in [-0.05, 0) is 31.4 Å². The van der Waals surface area contributed by atoms with Crippen molar-refractivity contribution in [3.05, 3.63) is 47.0 Å². The van der Waals surface area contributed by atoms with Gasteiger partial charge in [-0.25, -0.2) is 0 Å². The summed E-state index contributed by atoms with van der Waals surface area (Å²) in [6.07, 6.45) is 1.55. The highest BCUT2D eigenvalue weighted by Crippen LogP contribution is 2.34. The van der Waals surface area contributed by atoms with Crippen LogP contribution in [0.1, 0.15) is 16.7 Å². The lowest BCUT2D eigenvalue weighted by atomic mass is 10.1. The molecule has 0 amide bonds. The molecule has 0 heterocycles. The molecular weight excluding hydrogens is 509 g/mol. The van der Waals surface area contributed by atoms with Gasteiger partial charge >= 0.3 is 0 Å². The number of nitrogens with one attached hydrogen (secondary N) is 2. The van der Waals surface area contributed by atoms with Gasteiger partial charge in [0.1, 0.15) is 23.0 Å². The number of nitrogens with zero attached hydrogens (tertiary/aromatic N) is 1. The summed E-state index contributed by atoms with van der Waals surface area (Å²) >= 11 is 0. The van der Waals surface area contributed by atoms with E-state index in [1.165, 1.54) is 11.1 Å². The molecule has 8 heteroatoms. The molecule has 7 nitrogen and oxygen atoms in total. The predicted molar refractivity (Wildman–Crippen MR) is 136 cm³/mol. The zero-order chi connectivity index (χ0) is 21.9. The Morgan fingerprint density at radius 2 is 1.39 bits per heavy atom. The van der Waals surface area contributed by atoms with Gasteiger partial charge in [-0.15, -0.1) is 24.0 Å². The molecule has 2 N–H and O–H groups in total. The number of ether oxygens (including phenoxy) is 4. The van der Waals surface area contributed by atoms with Gasteiger partial charge in [0.25, 0.3) is 0 Å². The maximum atomic E-state index is 5.51. The fourth-order valence-corrected chi connectivity index (χ4v) is 3.27. The van der Waals surface area contributed by atoms with E-state index in [0.29, 0.717) is 18.7 Å². The van der Waals surface area contributed by atoms with E-state index < -0.39 is 0 Å². The number of guanidine groups is 1. The van der Waals surface area contributed by atoms with Crippen molar-refractivity contribution < 1.29 is 18.9 Å². The van der Waals surface area contributed by atoms with Crippen molar-refractivity contribution >= 4 is 29.9 Å². The van der Waals surface area contributed by atoms with E-state index in [0.717, 1.165) is 41.7 Å². The molecule has 0 saturated carbocycles. The first kappa shape index (κ1) is 26.7. The van der Waals surface area contributed by atoms with E-state index >= 15 is 0 Å². The Hall–Kier alpha value is -2.36. The zero-order valence-electron chi connectivity index (χ0n) is 19.2. The van der Waals surface area contributed by atoms with Crippen molar-refractivity contribution in [1.82, 2.24) is 10.6 Å². The van der Waals surface area contributed by atoms with Crippen molar-refractivity contribution in [2.45, 2.75) is 19.8 Å². The highest BCUT2D eigenvalue weighted by Gasteiger charge is 2.13. The molecule has 0 saturated heterocycles. The monoisotopic (exact) mass is 543 g/mol. The van der Waals surface area contributed by atoms with Crippen LogP contribution in [0.15, 0.2) is 35.3 Å². The van der Waals surface area contributed by atoms with Crippen LogP contribution >= 0.6 is 24.0 Å². The average Bonchev–Trinajstić information content (AvgIpc) is 2.77. The first-order chi connectivity index (χ1) is 14.6. The van der Waals surface area contributed by atoms with Gasteiger partial charge in [0.05, 0.1) is 28.4 Å². The largest absolute Gasteiger partial charge is 0.496 e. The normalized spacial score (nSPS) is 10.7. The van der Waals surface area contributed by atoms with Crippen LogP contribution in [0.5, 0.6) is 23.0 Å². The fraction of sp³-hybridized carbons (Fsp3) is 0.435. The van der Waals surface area contributed by atoms with Crippen molar-refractivity contribution in [2.24, 2.45) is 4.99 Å². The van der Waals surface area contributed by atoms with Gasteiger partial charge in [0, 0.05) is 37.8 Å². The summed E-state index contributed by atoms with van der Waals surface area (Å²) in [5, 5.41) is 6.69. The standard InChI is InChI=1S/C23H33N3O4.HI/c1-16-7-8-20(28-4)17(13-16)9-11-25-23(24-2)26-12-10-19-21(29-5)14-18(27-3)15-22(19)30-6;/h7-8,13-15H,9-12H2,1-6H3,(H2,24,25,26);1H. The van der Waals surface area contributed by atoms with E-state index in [-0.39, 0.29) is 24.0 Å². The van der Waals surface area contributed by atoms with Gasteiger partial charge < -0.3 is 29.6 Å². The number of hydrogen-bond donors (Lipinski definition) is 2. The summed E-state index contributed by atoms with van der Waals surface area (Å²) in [4.78, 5) is 4.30. The van der Waals surface area contributed by atoms with Crippen molar-refractivity contribution in [3.8, 4) is 23.0 Å². The molecule has 0 fully saturated rings. The van der Waals surface area contributed by atoms with E-state index in [4.69, 9.17) is 18.9 Å². The van der Waals surface area contributed by atoms with Gasteiger partial charge in [-0.2, -0.15) is 0 Å². The average molecular weight is 543 g/mol. The van der Waals surface area contributed by atoms with Gasteiger partial charge in [0.2, 0.25) is 0 Å². The lowest BCUT2D eigenvalue weighted by molar-refractivity contribution is 0.368. The zero-order valence-corrected chi connectivity index (χ0v) is 21.5. The van der Waals surface area contributed by atoms with E-state index in [9.17, 15) is 0 Å². The number of methoxy groups -OCH3 is 4. The predicted octanol–water partition coefficient (Wildman–Crippen LogP) is 3.60. The number of benzene rings is 2. The molecule has 0 unspecified atom stereocenters. The van der Waals surface area contributed by atoms with Crippen LogP contribution < -0.4 is 29.6 Å². The minimum atomic E-state index is 0. The Bertz CT molecular complexity index is 834. The minimum absolute atomic E-state index is 0. The summed E-state index contributed by atoms with van der Waals surface area (Å²) in [6, 6.07) is 9.94. The van der Waals surface area contributed by atoms with Crippen LogP contribution in [0.25, 0.3) is 0 Å². The third kappa shape index (κ3) is 7.68. The topological polar surface area (TPSA) is 73.3 Å². The molecule has 31 heavy (non-hydrogen) atoms. The first-order valence-corrected chi connectivity index (χ1v) is 9.93. The molecular formula is C23H34IN3O4. The Labute approximate surface area is 202 Å². The van der Waals surface area contributed by atoms with Crippen LogP contribution in [0, 0.1) is 6.92 Å². The highest BCUT2D eigenvalue weighted by molar-refractivity contribution is 14.0. The summed E-state index contributed by atoms with van der Waals surface area (Å²) < 4.78 is 21.8. The Balaban J connectivity index is 0.00000480. The van der Waals surface area contributed by atoms with Crippen molar-refractivity contribution in [1.29, 1.82) is 0 Å². The molecule has 0 atom stereocenters. The molecule has 2 rings (SSSR count). The Morgan fingerprint density at radius 1 is 0.806 bits per heavy atom. The third-order valence-electron chi connectivity index (χ3n) is 4.83. The number of rotatable bonds is 10. The van der Waals surface area contributed by atoms with E-state index in [2.05, 4.69) is 34.7 Å². The summed E-state index contributed by atoms with van der Waals surface area (Å²) in [7, 11) is 8.37. The molecule has 0 radical (unpaired) electrons. The van der Waals surface area contributed by atoms with Crippen molar-refractivity contribution in [3.63, 3.8) is 0 Å². The molecule has 0 aliphatic rings. The molecule has 2 aromatic carbocycles. The second-order valence-electron chi connectivity index (χ2n) is 6.75. The highest BCUT2D eigenvalue weighted by atomic mass is 127. The summed E-state index contributed by atoms with van der Waals surface area (Å²) in [6.45, 7) is 3.50. The van der Waals surface area contributed by atoms with E-state index in [1.807, 2.05) is 18.2 Å². The van der Waals surface area contributed by atoms with Gasteiger partial charge in [-0.3, -0.25) is 4.99 Å².